The summed E-state index contributed by atoms with van der Waals surface area (Å²) in [7, 11) is 0. The van der Waals surface area contributed by atoms with Gasteiger partial charge in [0.1, 0.15) is 0 Å². The molecule has 1 aromatic heterocycles. The van der Waals surface area contributed by atoms with E-state index in [-0.39, 0.29) is 0 Å². The van der Waals surface area contributed by atoms with Crippen molar-refractivity contribution in [3.05, 3.63) is 34.9 Å². The van der Waals surface area contributed by atoms with Gasteiger partial charge in [0.2, 0.25) is 11.8 Å². The summed E-state index contributed by atoms with van der Waals surface area (Å²) in [5.74, 6) is 2.32. The Morgan fingerprint density at radius 1 is 1.19 bits per heavy atom. The van der Waals surface area contributed by atoms with Gasteiger partial charge in [-0.25, -0.2) is 4.98 Å². The van der Waals surface area contributed by atoms with Gasteiger partial charge in [0.15, 0.2) is 11.5 Å². The minimum Gasteiger partial charge on any atom is -0.490 e. The molecule has 0 spiro atoms. The molecule has 0 saturated heterocycles. The zero-order valence-electron chi connectivity index (χ0n) is 12.1. The summed E-state index contributed by atoms with van der Waals surface area (Å²) in [6.45, 7) is 5.44. The third-order valence-corrected chi connectivity index (χ3v) is 3.11. The lowest BCUT2D eigenvalue weighted by Crippen LogP contribution is -2.03. The Morgan fingerprint density at radius 2 is 1.95 bits per heavy atom. The fraction of sp³-hybridized carbons (Fsp3) is 0.333. The maximum Gasteiger partial charge on any atom is 0.238 e. The standard InChI is InChI=1S/C15H18BrN3O2/c1-3-9-20-12-7-5-6-8-13(12)21-14-11(16)10-18-15(19-14)17-4-2/h5-8,10H,3-4,9H2,1-2H3,(H,17,18,19). The molecule has 2 aromatic rings. The van der Waals surface area contributed by atoms with Crippen LogP contribution >= 0.6 is 15.9 Å². The molecule has 1 N–H and O–H groups in total. The van der Waals surface area contributed by atoms with Crippen molar-refractivity contribution < 1.29 is 9.47 Å². The van der Waals surface area contributed by atoms with Crippen LogP contribution in [0.3, 0.4) is 0 Å². The van der Waals surface area contributed by atoms with Crippen LogP contribution in [-0.2, 0) is 0 Å². The number of benzene rings is 1. The molecule has 0 unspecified atom stereocenters. The van der Waals surface area contributed by atoms with E-state index in [0.29, 0.717) is 34.4 Å². The first kappa shape index (κ1) is 15.6. The maximum atomic E-state index is 5.86. The van der Waals surface area contributed by atoms with Gasteiger partial charge in [0, 0.05) is 6.54 Å². The van der Waals surface area contributed by atoms with E-state index in [1.165, 1.54) is 0 Å². The van der Waals surface area contributed by atoms with Crippen molar-refractivity contribution in [2.45, 2.75) is 20.3 Å². The summed E-state index contributed by atoms with van der Waals surface area (Å²) in [4.78, 5) is 8.49. The lowest BCUT2D eigenvalue weighted by atomic mass is 10.3. The summed E-state index contributed by atoms with van der Waals surface area (Å²) in [6, 6.07) is 7.54. The third-order valence-electron chi connectivity index (χ3n) is 2.56. The number of ether oxygens (including phenoxy) is 2. The molecule has 2 rings (SSSR count). The van der Waals surface area contributed by atoms with E-state index in [1.54, 1.807) is 6.20 Å². The van der Waals surface area contributed by atoms with Crippen LogP contribution in [0.2, 0.25) is 0 Å². The van der Waals surface area contributed by atoms with Gasteiger partial charge in [-0.1, -0.05) is 19.1 Å². The molecular weight excluding hydrogens is 334 g/mol. The molecule has 0 atom stereocenters. The normalized spacial score (nSPS) is 10.2. The van der Waals surface area contributed by atoms with Crippen LogP contribution in [0.1, 0.15) is 20.3 Å². The van der Waals surface area contributed by atoms with E-state index in [1.807, 2.05) is 31.2 Å². The Kier molecular flexibility index (Phi) is 5.80. The van der Waals surface area contributed by atoms with Crippen LogP contribution in [-0.4, -0.2) is 23.1 Å². The molecule has 0 amide bonds. The highest BCUT2D eigenvalue weighted by Crippen LogP contribution is 2.34. The van der Waals surface area contributed by atoms with Crippen LogP contribution in [0.4, 0.5) is 5.95 Å². The van der Waals surface area contributed by atoms with Crippen LogP contribution in [0, 0.1) is 0 Å². The Balaban J connectivity index is 2.23. The number of nitrogens with one attached hydrogen (secondary N) is 1. The average molecular weight is 352 g/mol. The second-order valence-corrected chi connectivity index (χ2v) is 5.13. The molecule has 0 aliphatic rings. The molecule has 1 aromatic carbocycles. The minimum absolute atomic E-state index is 0.452. The number of rotatable bonds is 7. The molecule has 0 fully saturated rings. The van der Waals surface area contributed by atoms with Gasteiger partial charge in [-0.2, -0.15) is 4.98 Å². The van der Waals surface area contributed by atoms with Gasteiger partial charge >= 0.3 is 0 Å². The second-order valence-electron chi connectivity index (χ2n) is 4.27. The Morgan fingerprint density at radius 3 is 2.67 bits per heavy atom. The highest BCUT2D eigenvalue weighted by molar-refractivity contribution is 9.10. The maximum absolute atomic E-state index is 5.86. The highest BCUT2D eigenvalue weighted by atomic mass is 79.9. The lowest BCUT2D eigenvalue weighted by Gasteiger charge is -2.12. The van der Waals surface area contributed by atoms with Crippen LogP contribution in [0.5, 0.6) is 17.4 Å². The molecule has 112 valence electrons. The van der Waals surface area contributed by atoms with Gasteiger partial charge in [-0.15, -0.1) is 0 Å². The molecule has 21 heavy (non-hydrogen) atoms. The highest BCUT2D eigenvalue weighted by Gasteiger charge is 2.11. The number of para-hydroxylation sites is 2. The smallest absolute Gasteiger partial charge is 0.238 e. The number of hydrogen-bond donors (Lipinski definition) is 1. The van der Waals surface area contributed by atoms with Crippen molar-refractivity contribution in [2.24, 2.45) is 0 Å². The van der Waals surface area contributed by atoms with Crippen molar-refractivity contribution in [3.8, 4) is 17.4 Å². The first-order chi connectivity index (χ1) is 10.2. The molecular formula is C15H18BrN3O2. The van der Waals surface area contributed by atoms with E-state index < -0.39 is 0 Å². The van der Waals surface area contributed by atoms with Gasteiger partial charge < -0.3 is 14.8 Å². The number of nitrogens with zero attached hydrogens (tertiary/aromatic N) is 2. The van der Waals surface area contributed by atoms with E-state index in [9.17, 15) is 0 Å². The molecule has 1 heterocycles. The largest absolute Gasteiger partial charge is 0.490 e. The Hall–Kier alpha value is -1.82. The number of anilines is 1. The first-order valence-electron chi connectivity index (χ1n) is 6.90. The molecule has 0 bridgehead atoms. The number of aromatic nitrogens is 2. The zero-order chi connectivity index (χ0) is 15.1. The summed E-state index contributed by atoms with van der Waals surface area (Å²) >= 11 is 3.40. The zero-order valence-corrected chi connectivity index (χ0v) is 13.7. The Bertz CT molecular complexity index is 593. The van der Waals surface area contributed by atoms with Crippen LogP contribution in [0.15, 0.2) is 34.9 Å². The molecule has 5 nitrogen and oxygen atoms in total. The molecule has 0 saturated carbocycles. The van der Waals surface area contributed by atoms with Gasteiger partial charge in [0.25, 0.3) is 0 Å². The molecule has 0 aliphatic heterocycles. The molecule has 6 heteroatoms. The quantitative estimate of drug-likeness (QED) is 0.807. The topological polar surface area (TPSA) is 56.3 Å². The van der Waals surface area contributed by atoms with Gasteiger partial charge in [0.05, 0.1) is 17.3 Å². The van der Waals surface area contributed by atoms with E-state index in [0.717, 1.165) is 13.0 Å². The molecule has 0 radical (unpaired) electrons. The van der Waals surface area contributed by atoms with Gasteiger partial charge in [-0.3, -0.25) is 0 Å². The third kappa shape index (κ3) is 4.32. The summed E-state index contributed by atoms with van der Waals surface area (Å²) < 4.78 is 12.2. The number of halogens is 1. The van der Waals surface area contributed by atoms with E-state index >= 15 is 0 Å². The second kappa shape index (κ2) is 7.83. The average Bonchev–Trinajstić information content (AvgIpc) is 2.50. The Labute approximate surface area is 132 Å². The van der Waals surface area contributed by atoms with Crippen molar-refractivity contribution in [1.82, 2.24) is 9.97 Å². The first-order valence-corrected chi connectivity index (χ1v) is 7.70. The van der Waals surface area contributed by atoms with Crippen molar-refractivity contribution >= 4 is 21.9 Å². The predicted molar refractivity (Wildman–Crippen MR) is 86.2 cm³/mol. The summed E-state index contributed by atoms with van der Waals surface area (Å²) in [6.07, 6.45) is 2.60. The van der Waals surface area contributed by atoms with Gasteiger partial charge in [-0.05, 0) is 41.4 Å². The van der Waals surface area contributed by atoms with E-state index in [4.69, 9.17) is 9.47 Å². The lowest BCUT2D eigenvalue weighted by molar-refractivity contribution is 0.300. The SMILES string of the molecule is CCCOc1ccccc1Oc1nc(NCC)ncc1Br. The van der Waals surface area contributed by atoms with E-state index in [2.05, 4.69) is 38.1 Å². The summed E-state index contributed by atoms with van der Waals surface area (Å²) in [5.41, 5.74) is 0. The number of hydrogen-bond acceptors (Lipinski definition) is 5. The monoisotopic (exact) mass is 351 g/mol. The summed E-state index contributed by atoms with van der Waals surface area (Å²) in [5, 5.41) is 3.06. The van der Waals surface area contributed by atoms with Crippen LogP contribution < -0.4 is 14.8 Å². The van der Waals surface area contributed by atoms with Crippen molar-refractivity contribution in [2.75, 3.05) is 18.5 Å². The van der Waals surface area contributed by atoms with Crippen LogP contribution in [0.25, 0.3) is 0 Å². The fourth-order valence-electron chi connectivity index (χ4n) is 1.64. The predicted octanol–water partition coefficient (Wildman–Crippen LogP) is 4.25. The van der Waals surface area contributed by atoms with Crippen molar-refractivity contribution in [1.29, 1.82) is 0 Å². The molecule has 0 aliphatic carbocycles. The van der Waals surface area contributed by atoms with Crippen molar-refractivity contribution in [3.63, 3.8) is 0 Å². The minimum atomic E-state index is 0.452. The fourth-order valence-corrected chi connectivity index (χ4v) is 1.91.